The third kappa shape index (κ3) is 8.63. The van der Waals surface area contributed by atoms with Gasteiger partial charge in [-0.2, -0.15) is 0 Å². The van der Waals surface area contributed by atoms with Crippen LogP contribution in [0.1, 0.15) is 41.5 Å². The van der Waals surface area contributed by atoms with Crippen LogP contribution in [-0.2, 0) is 28.1 Å². The molecule has 0 rings (SSSR count). The van der Waals surface area contributed by atoms with Gasteiger partial charge < -0.3 is 19.5 Å². The average molecular weight is 370 g/mol. The summed E-state index contributed by atoms with van der Waals surface area (Å²) in [5.74, 6) is -1.11. The second-order valence-corrected chi connectivity index (χ2v) is 7.30. The second kappa shape index (κ2) is 9.98. The quantitative estimate of drug-likeness (QED) is 0.466. The van der Waals surface area contributed by atoms with Crippen molar-refractivity contribution in [2.45, 2.75) is 59.0 Å². The topological polar surface area (TPSA) is 100 Å². The molecule has 0 spiro atoms. The van der Waals surface area contributed by atoms with Gasteiger partial charge in [-0.1, -0.05) is 4.52 Å². The zero-order valence-electron chi connectivity index (χ0n) is 14.9. The molecule has 0 aliphatic heterocycles. The molecular weight excluding hydrogens is 344 g/mol. The largest absolute Gasteiger partial charge is 0.579 e. The van der Waals surface area contributed by atoms with Crippen LogP contribution in [0, 0.1) is 0 Å². The van der Waals surface area contributed by atoms with Crippen molar-refractivity contribution in [3.05, 3.63) is 0 Å². The van der Waals surface area contributed by atoms with Gasteiger partial charge in [-0.15, -0.1) is 0 Å². The lowest BCUT2D eigenvalue weighted by Crippen LogP contribution is -2.38. The van der Waals surface area contributed by atoms with Crippen molar-refractivity contribution in [2.24, 2.45) is 0 Å². The van der Waals surface area contributed by atoms with E-state index in [1.54, 1.807) is 34.6 Å². The number of alkyl halides is 1. The van der Waals surface area contributed by atoms with E-state index in [1.165, 1.54) is 6.92 Å². The summed E-state index contributed by atoms with van der Waals surface area (Å²) >= 11 is 0. The molecular formula is C14H26FNO7P+. The van der Waals surface area contributed by atoms with Crippen LogP contribution in [0.4, 0.5) is 9.18 Å². The van der Waals surface area contributed by atoms with Crippen LogP contribution in [0.25, 0.3) is 0 Å². The molecule has 0 fully saturated rings. The van der Waals surface area contributed by atoms with Gasteiger partial charge in [-0.3, -0.25) is 4.79 Å². The fraction of sp³-hybridized carbons (Fsp3) is 0.857. The van der Waals surface area contributed by atoms with E-state index in [4.69, 9.17) is 14.2 Å². The molecule has 0 aromatic rings. The zero-order valence-corrected chi connectivity index (χ0v) is 15.8. The van der Waals surface area contributed by atoms with E-state index in [1.807, 2.05) is 0 Å². The van der Waals surface area contributed by atoms with E-state index in [9.17, 15) is 18.5 Å². The van der Waals surface area contributed by atoms with Crippen LogP contribution in [0.5, 0.6) is 0 Å². The highest BCUT2D eigenvalue weighted by molar-refractivity contribution is 7.40. The first-order valence-corrected chi connectivity index (χ1v) is 8.68. The predicted molar refractivity (Wildman–Crippen MR) is 84.5 cm³/mol. The van der Waals surface area contributed by atoms with Crippen molar-refractivity contribution in [3.8, 4) is 0 Å². The number of ketones is 1. The standard InChI is InChI=1S/C14H25FNO7P/c1-7-20-14(6,21-8-2)24(19)23-11(15)10(17)9-16-12(18)22-13(3,4)5/h11H,7-9H2,1-6H3/p+1. The van der Waals surface area contributed by atoms with Crippen LogP contribution in [0.2, 0.25) is 0 Å². The SMILES string of the molecule is CCOC(C)(OCC)[P+](=O)OC(F)C(=O)CNC(=O)OC(C)(C)C. The van der Waals surface area contributed by atoms with Crippen LogP contribution in [-0.4, -0.2) is 49.1 Å². The fourth-order valence-corrected chi connectivity index (χ4v) is 2.42. The number of hydrogen-bond acceptors (Lipinski definition) is 7. The van der Waals surface area contributed by atoms with Crippen LogP contribution >= 0.6 is 8.03 Å². The molecule has 1 N–H and O–H groups in total. The Bertz CT molecular complexity index is 447. The Morgan fingerprint density at radius 1 is 1.12 bits per heavy atom. The van der Waals surface area contributed by atoms with Crippen molar-refractivity contribution in [1.82, 2.24) is 5.32 Å². The van der Waals surface area contributed by atoms with Crippen LogP contribution in [0.3, 0.4) is 0 Å². The first-order chi connectivity index (χ1) is 10.9. The number of rotatable bonds is 10. The summed E-state index contributed by atoms with van der Waals surface area (Å²) in [5, 5.41) is 2.09. The summed E-state index contributed by atoms with van der Waals surface area (Å²) in [4.78, 5) is 23.0. The number of alkyl carbamates (subject to hydrolysis) is 1. The number of carbonyl (C=O) groups is 2. The summed E-state index contributed by atoms with van der Waals surface area (Å²) in [6.07, 6.45) is -3.37. The minimum atomic E-state index is -2.79. The summed E-state index contributed by atoms with van der Waals surface area (Å²) in [6, 6.07) is 0. The van der Waals surface area contributed by atoms with Gasteiger partial charge in [0.25, 0.3) is 0 Å². The van der Waals surface area contributed by atoms with E-state index < -0.39 is 43.9 Å². The number of Topliss-reactive ketones (excluding diaryl/α,β-unsaturated/α-hetero) is 1. The van der Waals surface area contributed by atoms with Gasteiger partial charge in [-0.05, 0) is 39.2 Å². The van der Waals surface area contributed by atoms with Gasteiger partial charge >= 0.3 is 26.0 Å². The van der Waals surface area contributed by atoms with Crippen molar-refractivity contribution in [2.75, 3.05) is 19.8 Å². The van der Waals surface area contributed by atoms with E-state index >= 15 is 0 Å². The Balaban J connectivity index is 4.53. The Morgan fingerprint density at radius 3 is 2.04 bits per heavy atom. The maximum Gasteiger partial charge on any atom is 0.579 e. The maximum absolute atomic E-state index is 13.8. The first-order valence-electron chi connectivity index (χ1n) is 7.50. The molecule has 0 bridgehead atoms. The molecule has 0 saturated carbocycles. The average Bonchev–Trinajstić information content (AvgIpc) is 2.43. The molecule has 2 atom stereocenters. The van der Waals surface area contributed by atoms with Gasteiger partial charge in [0.2, 0.25) is 5.78 Å². The molecule has 0 aliphatic rings. The van der Waals surface area contributed by atoms with E-state index in [2.05, 4.69) is 9.84 Å². The Morgan fingerprint density at radius 2 is 1.62 bits per heavy atom. The molecule has 0 heterocycles. The first kappa shape index (κ1) is 22.9. The van der Waals surface area contributed by atoms with E-state index in [-0.39, 0.29) is 13.2 Å². The summed E-state index contributed by atoms with van der Waals surface area (Å²) in [7, 11) is -2.79. The highest BCUT2D eigenvalue weighted by Gasteiger charge is 2.52. The summed E-state index contributed by atoms with van der Waals surface area (Å²) in [6.45, 7) is 9.19. The summed E-state index contributed by atoms with van der Waals surface area (Å²) in [5.41, 5.74) is -2.42. The molecule has 8 nitrogen and oxygen atoms in total. The van der Waals surface area contributed by atoms with Crippen LogP contribution < -0.4 is 5.32 Å². The normalized spacial score (nSPS) is 14.0. The zero-order chi connectivity index (χ0) is 19.0. The predicted octanol–water partition coefficient (Wildman–Crippen LogP) is 2.88. The van der Waals surface area contributed by atoms with Gasteiger partial charge in [-0.25, -0.2) is 9.18 Å². The Labute approximate surface area is 142 Å². The minimum Gasteiger partial charge on any atom is -0.444 e. The number of halogens is 1. The molecule has 24 heavy (non-hydrogen) atoms. The lowest BCUT2D eigenvalue weighted by Gasteiger charge is -2.19. The molecule has 0 aliphatic carbocycles. The monoisotopic (exact) mass is 370 g/mol. The lowest BCUT2D eigenvalue weighted by molar-refractivity contribution is -0.168. The molecule has 10 heteroatoms. The highest BCUT2D eigenvalue weighted by atomic mass is 31.1. The van der Waals surface area contributed by atoms with Crippen molar-refractivity contribution >= 4 is 19.9 Å². The number of hydrogen-bond donors (Lipinski definition) is 1. The fourth-order valence-electron chi connectivity index (χ4n) is 1.47. The molecule has 0 aromatic heterocycles. The maximum atomic E-state index is 13.8. The van der Waals surface area contributed by atoms with Gasteiger partial charge in [0.05, 0.1) is 19.8 Å². The Hall–Kier alpha value is -1.15. The minimum absolute atomic E-state index is 0.159. The number of ether oxygens (including phenoxy) is 3. The van der Waals surface area contributed by atoms with E-state index in [0.717, 1.165) is 0 Å². The van der Waals surface area contributed by atoms with Crippen molar-refractivity contribution in [3.63, 3.8) is 0 Å². The van der Waals surface area contributed by atoms with Crippen molar-refractivity contribution in [1.29, 1.82) is 0 Å². The third-order valence-electron chi connectivity index (χ3n) is 2.40. The summed E-state index contributed by atoms with van der Waals surface area (Å²) < 4.78 is 45.6. The molecule has 2 unspecified atom stereocenters. The molecule has 140 valence electrons. The Kier molecular flexibility index (Phi) is 9.50. The van der Waals surface area contributed by atoms with Gasteiger partial charge in [0.15, 0.2) is 0 Å². The number of nitrogens with one attached hydrogen (secondary N) is 1. The molecule has 0 saturated heterocycles. The van der Waals surface area contributed by atoms with Gasteiger partial charge in [0.1, 0.15) is 5.60 Å². The van der Waals surface area contributed by atoms with E-state index in [0.29, 0.717) is 0 Å². The van der Waals surface area contributed by atoms with Crippen molar-refractivity contribution < 1.29 is 37.3 Å². The molecule has 0 radical (unpaired) electrons. The molecule has 0 aromatic carbocycles. The third-order valence-corrected chi connectivity index (χ3v) is 3.70. The van der Waals surface area contributed by atoms with Crippen LogP contribution in [0.15, 0.2) is 0 Å². The van der Waals surface area contributed by atoms with Gasteiger partial charge in [0, 0.05) is 6.92 Å². The smallest absolute Gasteiger partial charge is 0.444 e. The number of carbonyl (C=O) groups excluding carboxylic acids is 2. The lowest BCUT2D eigenvalue weighted by atomic mass is 10.2. The number of amides is 1. The highest BCUT2D eigenvalue weighted by Crippen LogP contribution is 2.43. The second-order valence-electron chi connectivity index (χ2n) is 5.76. The molecule has 1 amide bonds.